The van der Waals surface area contributed by atoms with E-state index < -0.39 is 0 Å². The van der Waals surface area contributed by atoms with E-state index in [4.69, 9.17) is 4.42 Å². The van der Waals surface area contributed by atoms with Gasteiger partial charge in [0.1, 0.15) is 11.3 Å². The second kappa shape index (κ2) is 13.0. The Morgan fingerprint density at radius 1 is 0.434 bits per heavy atom. The summed E-state index contributed by atoms with van der Waals surface area (Å²) >= 11 is 0. The van der Waals surface area contributed by atoms with Gasteiger partial charge >= 0.3 is 0 Å². The van der Waals surface area contributed by atoms with Gasteiger partial charge in [0.25, 0.3) is 0 Å². The third-order valence-electron chi connectivity index (χ3n) is 11.3. The van der Waals surface area contributed by atoms with Crippen molar-refractivity contribution in [3.8, 4) is 33.4 Å². The summed E-state index contributed by atoms with van der Waals surface area (Å²) in [5.41, 5.74) is 17.6. The lowest BCUT2D eigenvalue weighted by atomic mass is 9.82. The molecule has 0 saturated carbocycles. The molecular weight excluding hydrogens is 643 g/mol. The van der Waals surface area contributed by atoms with Gasteiger partial charge in [0.05, 0.1) is 0 Å². The largest absolute Gasteiger partial charge is 0.455 e. The Morgan fingerprint density at radius 2 is 0.887 bits per heavy atom. The Labute approximate surface area is 312 Å². The average Bonchev–Trinajstić information content (AvgIpc) is 3.65. The molecule has 256 valence electrons. The third kappa shape index (κ3) is 5.59. The van der Waals surface area contributed by atoms with Crippen LogP contribution in [0, 0.1) is 6.92 Å². The van der Waals surface area contributed by atoms with Crippen molar-refractivity contribution >= 4 is 33.6 Å². The molecule has 0 fully saturated rings. The number of hydrogen-bond donors (Lipinski definition) is 0. The molecule has 1 aliphatic carbocycles. The first kappa shape index (κ1) is 32.5. The summed E-state index contributed by atoms with van der Waals surface area (Å²) in [6, 6.07) is 63.0. The fourth-order valence-electron chi connectivity index (χ4n) is 8.07. The lowest BCUT2D eigenvalue weighted by molar-refractivity contribution is 0.595. The van der Waals surface area contributed by atoms with Crippen LogP contribution in [0.15, 0.2) is 186 Å². The highest BCUT2D eigenvalue weighted by atomic mass is 16.3. The van der Waals surface area contributed by atoms with Crippen LogP contribution in [0.4, 0.5) is 17.1 Å². The molecule has 1 aromatic heterocycles. The number of furan rings is 1. The molecule has 1 heterocycles. The predicted octanol–water partition coefficient (Wildman–Crippen LogP) is 14.3. The van der Waals surface area contributed by atoms with Crippen LogP contribution in [-0.4, -0.2) is 0 Å². The van der Waals surface area contributed by atoms with Gasteiger partial charge in [-0.3, -0.25) is 0 Å². The van der Waals surface area contributed by atoms with E-state index in [9.17, 15) is 0 Å². The minimum absolute atomic E-state index is 0.0500. The summed E-state index contributed by atoms with van der Waals surface area (Å²) in [4.78, 5) is 2.33. The molecule has 8 aromatic rings. The Morgan fingerprint density at radius 3 is 1.43 bits per heavy atom. The average molecular weight is 684 g/mol. The lowest BCUT2D eigenvalue weighted by Gasteiger charge is -2.26. The SMILES string of the molecule is CC1=C(c2oc3c(-c4ccc(N(c5ccc(-c6ccccc6)cc5)c5ccc(-c6ccccc6)cc5)cc4)cccc3c2C)c2ccccc2C1(C)C. The van der Waals surface area contributed by atoms with E-state index in [0.29, 0.717) is 0 Å². The van der Waals surface area contributed by atoms with Crippen LogP contribution in [0.3, 0.4) is 0 Å². The molecule has 0 N–H and O–H groups in total. The number of rotatable bonds is 7. The summed E-state index contributed by atoms with van der Waals surface area (Å²) in [6.07, 6.45) is 0. The molecule has 0 aliphatic heterocycles. The summed E-state index contributed by atoms with van der Waals surface area (Å²) in [5, 5.41) is 1.16. The highest BCUT2D eigenvalue weighted by Gasteiger charge is 2.37. The van der Waals surface area contributed by atoms with E-state index in [1.165, 1.54) is 50.1 Å². The number of allylic oxidation sites excluding steroid dienone is 1. The molecule has 2 nitrogen and oxygen atoms in total. The zero-order chi connectivity index (χ0) is 36.1. The van der Waals surface area contributed by atoms with Crippen molar-refractivity contribution in [2.45, 2.75) is 33.1 Å². The maximum Gasteiger partial charge on any atom is 0.142 e. The summed E-state index contributed by atoms with van der Waals surface area (Å²) in [7, 11) is 0. The van der Waals surface area contributed by atoms with Crippen molar-refractivity contribution in [3.05, 3.63) is 204 Å². The van der Waals surface area contributed by atoms with Gasteiger partial charge in [-0.2, -0.15) is 0 Å². The zero-order valence-corrected chi connectivity index (χ0v) is 30.6. The molecule has 1 aliphatic rings. The van der Waals surface area contributed by atoms with Crippen LogP contribution in [0.1, 0.15) is 43.2 Å². The summed E-state index contributed by atoms with van der Waals surface area (Å²) < 4.78 is 6.93. The van der Waals surface area contributed by atoms with Gasteiger partial charge in [-0.1, -0.05) is 159 Å². The number of nitrogens with zero attached hydrogens (tertiary/aromatic N) is 1. The molecule has 0 spiro atoms. The number of hydrogen-bond acceptors (Lipinski definition) is 2. The Kier molecular flexibility index (Phi) is 7.97. The number of benzene rings is 7. The Hall–Kier alpha value is -6.38. The molecule has 0 radical (unpaired) electrons. The van der Waals surface area contributed by atoms with Crippen molar-refractivity contribution in [2.75, 3.05) is 4.90 Å². The summed E-state index contributed by atoms with van der Waals surface area (Å²) in [5.74, 6) is 0.976. The van der Waals surface area contributed by atoms with Gasteiger partial charge in [-0.15, -0.1) is 0 Å². The van der Waals surface area contributed by atoms with Crippen LogP contribution in [0.5, 0.6) is 0 Å². The normalized spacial score (nSPS) is 13.4. The van der Waals surface area contributed by atoms with Crippen LogP contribution in [0.2, 0.25) is 0 Å². The van der Waals surface area contributed by atoms with Gasteiger partial charge in [0.2, 0.25) is 0 Å². The van der Waals surface area contributed by atoms with E-state index >= 15 is 0 Å². The van der Waals surface area contributed by atoms with Crippen molar-refractivity contribution in [1.29, 1.82) is 0 Å². The molecule has 0 unspecified atom stereocenters. The second-order valence-electron chi connectivity index (χ2n) is 14.6. The van der Waals surface area contributed by atoms with E-state index in [-0.39, 0.29) is 5.41 Å². The first-order valence-electron chi connectivity index (χ1n) is 18.4. The summed E-state index contributed by atoms with van der Waals surface area (Å²) in [6.45, 7) is 9.10. The van der Waals surface area contributed by atoms with Crippen molar-refractivity contribution in [1.82, 2.24) is 0 Å². The maximum atomic E-state index is 6.93. The topological polar surface area (TPSA) is 16.4 Å². The molecule has 2 heteroatoms. The van der Waals surface area contributed by atoms with Gasteiger partial charge in [0, 0.05) is 44.6 Å². The van der Waals surface area contributed by atoms with Crippen molar-refractivity contribution in [3.63, 3.8) is 0 Å². The molecule has 0 bridgehead atoms. The molecular formula is C51H41NO. The number of aryl methyl sites for hydroxylation is 1. The van der Waals surface area contributed by atoms with Crippen LogP contribution < -0.4 is 4.90 Å². The smallest absolute Gasteiger partial charge is 0.142 e. The Bertz CT molecular complexity index is 2530. The predicted molar refractivity (Wildman–Crippen MR) is 223 cm³/mol. The first-order chi connectivity index (χ1) is 25.9. The molecule has 9 rings (SSSR count). The maximum absolute atomic E-state index is 6.93. The van der Waals surface area contributed by atoms with Crippen LogP contribution >= 0.6 is 0 Å². The highest BCUT2D eigenvalue weighted by Crippen LogP contribution is 2.50. The van der Waals surface area contributed by atoms with Gasteiger partial charge in [-0.05, 0) is 89.2 Å². The van der Waals surface area contributed by atoms with E-state index in [1.807, 2.05) is 0 Å². The Balaban J connectivity index is 1.11. The lowest BCUT2D eigenvalue weighted by Crippen LogP contribution is -2.15. The third-order valence-corrected chi connectivity index (χ3v) is 11.3. The standard InChI is InChI=1S/C51H41NO/c1-34-44-19-13-20-45(50(44)53-49(34)48-35(2)51(3,4)47-21-12-11-18-46(47)48)40-26-32-43(33-27-40)52(41-28-22-38(23-29-41)36-14-7-5-8-15-36)42-30-24-39(25-31-42)37-16-9-6-10-17-37/h5-33H,1-4H3. The van der Waals surface area contributed by atoms with Crippen LogP contribution in [0.25, 0.3) is 49.9 Å². The fourth-order valence-corrected chi connectivity index (χ4v) is 8.07. The molecule has 53 heavy (non-hydrogen) atoms. The monoisotopic (exact) mass is 683 g/mol. The minimum atomic E-state index is -0.0500. The molecule has 0 saturated heterocycles. The molecule has 0 atom stereocenters. The van der Waals surface area contributed by atoms with Gasteiger partial charge in [-0.25, -0.2) is 0 Å². The fraction of sp³-hybridized carbons (Fsp3) is 0.0980. The number of anilines is 3. The molecule has 7 aromatic carbocycles. The quantitative estimate of drug-likeness (QED) is 0.166. The van der Waals surface area contributed by atoms with Gasteiger partial charge in [0.15, 0.2) is 0 Å². The van der Waals surface area contributed by atoms with E-state index in [0.717, 1.165) is 44.9 Å². The minimum Gasteiger partial charge on any atom is -0.455 e. The molecule has 0 amide bonds. The van der Waals surface area contributed by atoms with Crippen molar-refractivity contribution in [2.24, 2.45) is 0 Å². The van der Waals surface area contributed by atoms with Gasteiger partial charge < -0.3 is 9.32 Å². The highest BCUT2D eigenvalue weighted by molar-refractivity contribution is 6.00. The second-order valence-corrected chi connectivity index (χ2v) is 14.6. The van der Waals surface area contributed by atoms with E-state index in [1.54, 1.807) is 0 Å². The van der Waals surface area contributed by atoms with Crippen molar-refractivity contribution < 1.29 is 4.42 Å². The van der Waals surface area contributed by atoms with Crippen LogP contribution in [-0.2, 0) is 5.41 Å². The van der Waals surface area contributed by atoms with E-state index in [2.05, 4.69) is 209 Å². The first-order valence-corrected chi connectivity index (χ1v) is 18.4. The number of fused-ring (bicyclic) bond motifs is 2. The number of para-hydroxylation sites is 1. The zero-order valence-electron chi connectivity index (χ0n) is 30.6.